The molecular formula is C38H42N8O12. The van der Waals surface area contributed by atoms with Gasteiger partial charge in [-0.1, -0.05) is 12.1 Å². The Bertz CT molecular complexity index is 2230. The second kappa shape index (κ2) is 18.9. The van der Waals surface area contributed by atoms with Gasteiger partial charge >= 0.3 is 0 Å². The number of hydrogen-bond acceptors (Lipinski definition) is 13. The standard InChI is InChI=1S/C38H42N8O12/c1-39-31(51)21-7-5-9-25(27(21)47)35(55)46(36(56)26-10-6-8-22(28(26)48)32(52)40-2)20-19-45(17-13-41-33(53)23-11-15-43(3)37(57)29(23)49)18-14-42-34(54)24-12-16-44(4)38(58)30(24)50/h5-12,15-16,47-50H,13-14,17-20H2,1-4H3,(H,39,51)(H,40,52)(H,41,53)(H,42,54). The maximum absolute atomic E-state index is 14.1. The van der Waals surface area contributed by atoms with Gasteiger partial charge in [0.1, 0.15) is 11.5 Å². The van der Waals surface area contributed by atoms with Gasteiger partial charge in [0.15, 0.2) is 11.5 Å². The largest absolute Gasteiger partial charge is 0.506 e. The first kappa shape index (κ1) is 43.3. The number of nitrogens with zero attached hydrogens (tertiary/aromatic N) is 4. The molecule has 0 atom stereocenters. The first-order valence-corrected chi connectivity index (χ1v) is 17.5. The Hall–Kier alpha value is -7.48. The zero-order chi connectivity index (χ0) is 42.8. The monoisotopic (exact) mass is 802 g/mol. The highest BCUT2D eigenvalue weighted by atomic mass is 16.3. The zero-order valence-electron chi connectivity index (χ0n) is 31.9. The predicted octanol–water partition coefficient (Wildman–Crippen LogP) is -0.930. The van der Waals surface area contributed by atoms with Gasteiger partial charge in [0, 0.05) is 79.9 Å². The number of nitrogens with one attached hydrogen (secondary N) is 4. The van der Waals surface area contributed by atoms with Crippen molar-refractivity contribution in [2.75, 3.05) is 53.4 Å². The number of phenols is 2. The Morgan fingerprint density at radius 1 is 0.517 bits per heavy atom. The van der Waals surface area contributed by atoms with E-state index in [-0.39, 0.29) is 55.0 Å². The molecule has 4 rings (SSSR count). The number of aryl methyl sites for hydroxylation is 2. The van der Waals surface area contributed by atoms with Crippen LogP contribution in [0.1, 0.15) is 62.1 Å². The van der Waals surface area contributed by atoms with Crippen molar-refractivity contribution in [2.45, 2.75) is 0 Å². The minimum Gasteiger partial charge on any atom is -0.506 e. The van der Waals surface area contributed by atoms with Crippen molar-refractivity contribution in [3.05, 3.63) is 115 Å². The number of aromatic hydroxyl groups is 4. The molecule has 2 heterocycles. The molecule has 0 radical (unpaired) electrons. The van der Waals surface area contributed by atoms with Crippen molar-refractivity contribution in [2.24, 2.45) is 14.1 Å². The van der Waals surface area contributed by atoms with Crippen LogP contribution in [0.4, 0.5) is 0 Å². The fourth-order valence-electron chi connectivity index (χ4n) is 5.67. The number of imide groups is 1. The molecule has 8 N–H and O–H groups in total. The van der Waals surface area contributed by atoms with E-state index in [1.807, 2.05) is 0 Å². The normalized spacial score (nSPS) is 10.8. The summed E-state index contributed by atoms with van der Waals surface area (Å²) >= 11 is 0. The molecule has 2 aromatic heterocycles. The van der Waals surface area contributed by atoms with Crippen molar-refractivity contribution in [1.82, 2.24) is 40.2 Å². The lowest BCUT2D eigenvalue weighted by Crippen LogP contribution is -2.46. The van der Waals surface area contributed by atoms with Gasteiger partial charge in [0.25, 0.3) is 46.6 Å². The van der Waals surface area contributed by atoms with Crippen LogP contribution in [0.15, 0.2) is 70.5 Å². The lowest BCUT2D eigenvalue weighted by atomic mass is 10.0. The summed E-state index contributed by atoms with van der Waals surface area (Å²) in [5.41, 5.74) is -3.66. The van der Waals surface area contributed by atoms with E-state index in [2.05, 4.69) is 21.3 Å². The molecule has 0 aliphatic carbocycles. The summed E-state index contributed by atoms with van der Waals surface area (Å²) in [6, 6.07) is 9.94. The van der Waals surface area contributed by atoms with E-state index in [4.69, 9.17) is 0 Å². The summed E-state index contributed by atoms with van der Waals surface area (Å²) in [6.45, 7) is -1.00. The van der Waals surface area contributed by atoms with E-state index in [0.29, 0.717) is 4.90 Å². The van der Waals surface area contributed by atoms with Crippen molar-refractivity contribution in [3.8, 4) is 23.0 Å². The zero-order valence-corrected chi connectivity index (χ0v) is 31.9. The third-order valence-electron chi connectivity index (χ3n) is 9.01. The van der Waals surface area contributed by atoms with E-state index in [0.717, 1.165) is 9.13 Å². The molecule has 0 saturated heterocycles. The van der Waals surface area contributed by atoms with Crippen molar-refractivity contribution in [1.29, 1.82) is 0 Å². The van der Waals surface area contributed by atoms with Gasteiger partial charge in [-0.05, 0) is 36.4 Å². The molecule has 0 spiro atoms. The van der Waals surface area contributed by atoms with Crippen LogP contribution in [0.25, 0.3) is 0 Å². The van der Waals surface area contributed by atoms with E-state index in [1.54, 1.807) is 4.90 Å². The molecule has 6 amide bonds. The van der Waals surface area contributed by atoms with Crippen LogP contribution in [0.2, 0.25) is 0 Å². The molecule has 0 fully saturated rings. The number of carbonyl (C=O) groups excluding carboxylic acids is 6. The SMILES string of the molecule is CNC(=O)c1cccc(C(=O)N(CCN(CCNC(=O)c2ccn(C)c(=O)c2O)CCNC(=O)c2ccn(C)c(=O)c2O)C(=O)c2cccc(C(=O)NC)c2O)c1O. The number of aromatic nitrogens is 2. The molecule has 0 bridgehead atoms. The molecule has 20 nitrogen and oxygen atoms in total. The Morgan fingerprint density at radius 2 is 0.879 bits per heavy atom. The van der Waals surface area contributed by atoms with Gasteiger partial charge in [-0.15, -0.1) is 0 Å². The molecule has 0 aliphatic heterocycles. The fourth-order valence-corrected chi connectivity index (χ4v) is 5.67. The number of rotatable bonds is 15. The van der Waals surface area contributed by atoms with Crippen LogP contribution in [-0.2, 0) is 14.1 Å². The summed E-state index contributed by atoms with van der Waals surface area (Å²) in [6.07, 6.45) is 2.58. The molecule has 306 valence electrons. The minimum atomic E-state index is -1.10. The molecular weight excluding hydrogens is 760 g/mol. The Labute approximate surface area is 329 Å². The van der Waals surface area contributed by atoms with Crippen LogP contribution in [0, 0.1) is 0 Å². The first-order chi connectivity index (χ1) is 27.5. The third-order valence-corrected chi connectivity index (χ3v) is 9.01. The Kier molecular flexibility index (Phi) is 14.1. The quantitative estimate of drug-likeness (QED) is 0.0676. The summed E-state index contributed by atoms with van der Waals surface area (Å²) in [5, 5.41) is 52.3. The second-order valence-corrected chi connectivity index (χ2v) is 12.7. The molecule has 58 heavy (non-hydrogen) atoms. The summed E-state index contributed by atoms with van der Waals surface area (Å²) in [5.74, 6) is -8.29. The molecule has 0 saturated carbocycles. The smallest absolute Gasteiger partial charge is 0.293 e. The van der Waals surface area contributed by atoms with Crippen LogP contribution in [-0.4, -0.2) is 128 Å². The van der Waals surface area contributed by atoms with Gasteiger partial charge < -0.3 is 50.8 Å². The van der Waals surface area contributed by atoms with Crippen molar-refractivity contribution >= 4 is 35.4 Å². The maximum atomic E-state index is 14.1. The van der Waals surface area contributed by atoms with Gasteiger partial charge in [-0.25, -0.2) is 0 Å². The van der Waals surface area contributed by atoms with Crippen LogP contribution in [0.5, 0.6) is 23.0 Å². The molecule has 20 heteroatoms. The van der Waals surface area contributed by atoms with Crippen LogP contribution < -0.4 is 32.4 Å². The number of pyridine rings is 2. The van der Waals surface area contributed by atoms with Crippen LogP contribution in [0.3, 0.4) is 0 Å². The fraction of sp³-hybridized carbons (Fsp3) is 0.263. The number of para-hydroxylation sites is 2. The molecule has 2 aromatic carbocycles. The van der Waals surface area contributed by atoms with E-state index in [1.165, 1.54) is 89.1 Å². The molecule has 0 aliphatic rings. The highest BCUT2D eigenvalue weighted by Gasteiger charge is 2.31. The lowest BCUT2D eigenvalue weighted by molar-refractivity contribution is 0.0595. The summed E-state index contributed by atoms with van der Waals surface area (Å²) in [7, 11) is 5.39. The number of carbonyl (C=O) groups is 6. The van der Waals surface area contributed by atoms with Crippen LogP contribution >= 0.6 is 0 Å². The lowest BCUT2D eigenvalue weighted by Gasteiger charge is -2.28. The first-order valence-electron chi connectivity index (χ1n) is 17.5. The van der Waals surface area contributed by atoms with Crippen molar-refractivity contribution in [3.63, 3.8) is 0 Å². The van der Waals surface area contributed by atoms with Gasteiger partial charge in [-0.3, -0.25) is 48.2 Å². The summed E-state index contributed by atoms with van der Waals surface area (Å²) in [4.78, 5) is 106. The molecule has 4 aromatic rings. The highest BCUT2D eigenvalue weighted by Crippen LogP contribution is 2.28. The van der Waals surface area contributed by atoms with E-state index in [9.17, 15) is 58.8 Å². The number of hydrogen-bond donors (Lipinski definition) is 8. The highest BCUT2D eigenvalue weighted by molar-refractivity contribution is 6.14. The van der Waals surface area contributed by atoms with Gasteiger partial charge in [-0.2, -0.15) is 0 Å². The number of amides is 6. The number of phenolic OH excluding ortho intramolecular Hbond substituents is 2. The van der Waals surface area contributed by atoms with Gasteiger partial charge in [0.05, 0.1) is 33.4 Å². The third kappa shape index (κ3) is 9.48. The van der Waals surface area contributed by atoms with E-state index < -0.39 is 87.2 Å². The average Bonchev–Trinajstić information content (AvgIpc) is 3.21. The Morgan fingerprint density at radius 3 is 1.26 bits per heavy atom. The molecule has 0 unspecified atom stereocenters. The number of benzene rings is 2. The Balaban J connectivity index is 1.66. The van der Waals surface area contributed by atoms with Gasteiger partial charge in [0.2, 0.25) is 0 Å². The summed E-state index contributed by atoms with van der Waals surface area (Å²) < 4.78 is 2.15. The van der Waals surface area contributed by atoms with Crippen molar-refractivity contribution < 1.29 is 49.2 Å². The average molecular weight is 803 g/mol. The topological polar surface area (TPSA) is 282 Å². The maximum Gasteiger partial charge on any atom is 0.293 e. The predicted molar refractivity (Wildman–Crippen MR) is 206 cm³/mol. The minimum absolute atomic E-state index is 0.0324. The second-order valence-electron chi connectivity index (χ2n) is 12.7. The van der Waals surface area contributed by atoms with E-state index >= 15 is 0 Å².